The number of nitrogens with zero attached hydrogens (tertiary/aromatic N) is 4. The van der Waals surface area contributed by atoms with E-state index in [1.165, 1.54) is 30.6 Å². The van der Waals surface area contributed by atoms with E-state index in [9.17, 15) is 24.9 Å². The number of benzene rings is 3. The van der Waals surface area contributed by atoms with Gasteiger partial charge in [-0.3, -0.25) is 4.79 Å². The number of anilines is 1. The van der Waals surface area contributed by atoms with Gasteiger partial charge in [-0.15, -0.1) is 0 Å². The lowest BCUT2D eigenvalue weighted by atomic mass is 9.77. The predicted octanol–water partition coefficient (Wildman–Crippen LogP) is 4.10. The van der Waals surface area contributed by atoms with Crippen LogP contribution in [-0.4, -0.2) is 72.7 Å². The summed E-state index contributed by atoms with van der Waals surface area (Å²) in [4.78, 5) is 35.3. The second-order valence-electron chi connectivity index (χ2n) is 12.2. The zero-order valence-electron chi connectivity index (χ0n) is 26.1. The molecule has 1 fully saturated rings. The Kier molecular flexibility index (Phi) is 7.53. The number of fused-ring (bicyclic) bond motifs is 7. The second-order valence-corrected chi connectivity index (χ2v) is 12.2. The number of aliphatic hydroxyl groups excluding tert-OH is 1. The summed E-state index contributed by atoms with van der Waals surface area (Å²) in [6.45, 7) is 0.992. The van der Waals surface area contributed by atoms with Crippen molar-refractivity contribution in [2.75, 3.05) is 25.0 Å². The van der Waals surface area contributed by atoms with Crippen molar-refractivity contribution in [2.24, 2.45) is 0 Å². The van der Waals surface area contributed by atoms with Gasteiger partial charge in [-0.1, -0.05) is 0 Å². The van der Waals surface area contributed by atoms with Gasteiger partial charge < -0.3 is 40.2 Å². The quantitative estimate of drug-likeness (QED) is 0.112. The fourth-order valence-electron chi connectivity index (χ4n) is 6.82. The Balaban J connectivity index is 0.939. The van der Waals surface area contributed by atoms with Crippen LogP contribution in [0.1, 0.15) is 69.3 Å². The van der Waals surface area contributed by atoms with E-state index in [-0.39, 0.29) is 47.8 Å². The number of aromatic hydroxyl groups is 2. The maximum Gasteiger partial charge on any atom is 0.340 e. The van der Waals surface area contributed by atoms with Crippen LogP contribution >= 0.6 is 0 Å². The van der Waals surface area contributed by atoms with Gasteiger partial charge in [0.05, 0.1) is 29.9 Å². The highest BCUT2D eigenvalue weighted by Crippen LogP contribution is 2.57. The molecule has 14 nitrogen and oxygen atoms in total. The number of phenols is 2. The van der Waals surface area contributed by atoms with Gasteiger partial charge in [0.1, 0.15) is 35.1 Å². The monoisotopic (exact) mass is 664 g/mol. The SMILES string of the molecule is O=C(NCCCCNc1ncnc2c1cnn2[C@H]1CC[C@@H](CO)O1)c1ccc2c(c1)C1(OC2=O)c2ccc(O)cc2Oc2cc(O)ccc21. The smallest absolute Gasteiger partial charge is 0.340 e. The lowest BCUT2D eigenvalue weighted by molar-refractivity contribution is -0.0262. The summed E-state index contributed by atoms with van der Waals surface area (Å²) in [6.07, 6.45) is 5.64. The molecule has 0 bridgehead atoms. The van der Waals surface area contributed by atoms with Crippen LogP contribution in [0.5, 0.6) is 23.0 Å². The third-order valence-electron chi connectivity index (χ3n) is 9.17. The normalized spacial score (nSPS) is 18.4. The molecule has 3 aliphatic rings. The number of carbonyl (C=O) groups is 2. The number of rotatable bonds is 9. The molecule has 0 aliphatic carbocycles. The number of amides is 1. The first-order valence-electron chi connectivity index (χ1n) is 16.0. The number of unbranched alkanes of at least 4 members (excludes halogenated alkanes) is 1. The Morgan fingerprint density at radius 2 is 1.69 bits per heavy atom. The molecule has 2 aromatic heterocycles. The molecule has 0 unspecified atom stereocenters. The van der Waals surface area contributed by atoms with Gasteiger partial charge >= 0.3 is 5.97 Å². The largest absolute Gasteiger partial charge is 0.508 e. The Hall–Kier alpha value is -5.73. The molecule has 0 radical (unpaired) electrons. The van der Waals surface area contributed by atoms with Crippen molar-refractivity contribution in [3.63, 3.8) is 0 Å². The van der Waals surface area contributed by atoms with E-state index < -0.39 is 11.6 Å². The summed E-state index contributed by atoms with van der Waals surface area (Å²) in [6, 6.07) is 13.9. The highest BCUT2D eigenvalue weighted by Gasteiger charge is 2.54. The van der Waals surface area contributed by atoms with Crippen molar-refractivity contribution in [1.82, 2.24) is 25.1 Å². The Labute approximate surface area is 279 Å². The number of hydrogen-bond donors (Lipinski definition) is 5. The first kappa shape index (κ1) is 30.6. The van der Waals surface area contributed by atoms with E-state index in [0.29, 0.717) is 58.8 Å². The first-order chi connectivity index (χ1) is 23.9. The zero-order valence-corrected chi connectivity index (χ0v) is 26.1. The molecule has 5 heterocycles. The van der Waals surface area contributed by atoms with Crippen LogP contribution < -0.4 is 15.4 Å². The van der Waals surface area contributed by atoms with Gasteiger partial charge in [-0.25, -0.2) is 19.4 Å². The van der Waals surface area contributed by atoms with E-state index in [1.807, 2.05) is 0 Å². The summed E-state index contributed by atoms with van der Waals surface area (Å²) in [7, 11) is 0. The summed E-state index contributed by atoms with van der Waals surface area (Å²) in [5.41, 5.74) is 1.28. The molecule has 1 saturated heterocycles. The van der Waals surface area contributed by atoms with Crippen molar-refractivity contribution in [1.29, 1.82) is 0 Å². The molecule has 250 valence electrons. The second kappa shape index (κ2) is 12.1. The molecular weight excluding hydrogens is 632 g/mol. The minimum absolute atomic E-state index is 0.0265. The number of aliphatic hydroxyl groups is 1. The van der Waals surface area contributed by atoms with E-state index in [4.69, 9.17) is 14.2 Å². The number of esters is 1. The molecule has 14 heteroatoms. The molecule has 49 heavy (non-hydrogen) atoms. The summed E-state index contributed by atoms with van der Waals surface area (Å²) in [5.74, 6) is 0.220. The van der Waals surface area contributed by atoms with Crippen LogP contribution in [0.2, 0.25) is 0 Å². The molecule has 5 N–H and O–H groups in total. The van der Waals surface area contributed by atoms with Gasteiger partial charge in [0.2, 0.25) is 0 Å². The number of phenolic OH excluding ortho intramolecular Hbond substituents is 2. The van der Waals surface area contributed by atoms with Crippen molar-refractivity contribution in [3.8, 4) is 23.0 Å². The van der Waals surface area contributed by atoms with E-state index in [1.54, 1.807) is 41.2 Å². The Bertz CT molecular complexity index is 2060. The number of carbonyl (C=O) groups excluding carboxylic acids is 2. The summed E-state index contributed by atoms with van der Waals surface area (Å²) in [5, 5.41) is 41.3. The van der Waals surface area contributed by atoms with Gasteiger partial charge in [0.25, 0.3) is 5.91 Å². The molecule has 5 aromatic rings. The number of ether oxygens (including phenoxy) is 3. The predicted molar refractivity (Wildman–Crippen MR) is 174 cm³/mol. The standard InChI is InChI=1S/C35H32N6O8/c42-17-22-6-10-30(47-22)41-32-24(16-40-41)31(38-18-39-32)36-11-1-2-12-37-33(45)19-3-7-23-27(13-19)35(49-34(23)46)25-8-4-20(43)14-28(25)48-29-15-21(44)5-9-26(29)35/h3-5,7-9,13-16,18,22,30,42-44H,1-2,6,10-12,17H2,(H,37,45)(H,36,38,39)/t22-,30+/m0/s1. The average Bonchev–Trinajstić information content (AvgIpc) is 3.82. The molecule has 1 amide bonds. The summed E-state index contributed by atoms with van der Waals surface area (Å²) >= 11 is 0. The molecule has 1 spiro atoms. The minimum Gasteiger partial charge on any atom is -0.508 e. The fourth-order valence-corrected chi connectivity index (χ4v) is 6.82. The maximum absolute atomic E-state index is 13.3. The number of hydrogen-bond acceptors (Lipinski definition) is 12. The third-order valence-corrected chi connectivity index (χ3v) is 9.17. The van der Waals surface area contributed by atoms with Gasteiger partial charge in [-0.05, 0) is 68.1 Å². The molecule has 0 saturated carbocycles. The topological polar surface area (TPSA) is 190 Å². The lowest BCUT2D eigenvalue weighted by Gasteiger charge is -2.36. The van der Waals surface area contributed by atoms with Gasteiger partial charge in [0.15, 0.2) is 17.5 Å². The van der Waals surface area contributed by atoms with Crippen LogP contribution in [0.25, 0.3) is 11.0 Å². The van der Waals surface area contributed by atoms with Crippen molar-refractivity contribution >= 4 is 28.7 Å². The Morgan fingerprint density at radius 1 is 0.939 bits per heavy atom. The molecule has 2 atom stereocenters. The van der Waals surface area contributed by atoms with E-state index in [0.717, 1.165) is 24.6 Å². The fraction of sp³-hybridized carbons (Fsp3) is 0.286. The number of nitrogens with one attached hydrogen (secondary N) is 2. The van der Waals surface area contributed by atoms with Crippen LogP contribution in [-0.2, 0) is 15.1 Å². The third kappa shape index (κ3) is 5.16. The number of aromatic nitrogens is 4. The van der Waals surface area contributed by atoms with Crippen molar-refractivity contribution in [2.45, 2.75) is 43.6 Å². The molecule has 8 rings (SSSR count). The van der Waals surface area contributed by atoms with E-state index in [2.05, 4.69) is 25.7 Å². The zero-order chi connectivity index (χ0) is 33.7. The average molecular weight is 665 g/mol. The van der Waals surface area contributed by atoms with Crippen molar-refractivity contribution in [3.05, 3.63) is 94.9 Å². The molecule has 3 aliphatic heterocycles. The first-order valence-corrected chi connectivity index (χ1v) is 16.0. The van der Waals surface area contributed by atoms with Crippen molar-refractivity contribution < 1.29 is 39.1 Å². The molecule has 3 aromatic carbocycles. The van der Waals surface area contributed by atoms with Gasteiger partial charge in [0, 0.05) is 47.5 Å². The van der Waals surface area contributed by atoms with Crippen LogP contribution in [0.3, 0.4) is 0 Å². The summed E-state index contributed by atoms with van der Waals surface area (Å²) < 4.78 is 19.7. The minimum atomic E-state index is -1.45. The van der Waals surface area contributed by atoms with Gasteiger partial charge in [-0.2, -0.15) is 5.10 Å². The Morgan fingerprint density at radius 3 is 2.43 bits per heavy atom. The van der Waals surface area contributed by atoms with E-state index >= 15 is 0 Å². The van der Waals surface area contributed by atoms with Crippen LogP contribution in [0.15, 0.2) is 67.1 Å². The highest BCUT2D eigenvalue weighted by molar-refractivity contribution is 6.00. The van der Waals surface area contributed by atoms with Crippen LogP contribution in [0.4, 0.5) is 5.82 Å². The highest BCUT2D eigenvalue weighted by atomic mass is 16.6. The maximum atomic E-state index is 13.3. The lowest BCUT2D eigenvalue weighted by Crippen LogP contribution is -2.33. The molecular formula is C35H32N6O8. The van der Waals surface area contributed by atoms with Crippen LogP contribution in [0, 0.1) is 0 Å².